The van der Waals surface area contributed by atoms with Crippen molar-refractivity contribution in [3.05, 3.63) is 47.9 Å². The number of benzene rings is 1. The highest BCUT2D eigenvalue weighted by molar-refractivity contribution is 5.94. The van der Waals surface area contributed by atoms with E-state index in [-0.39, 0.29) is 12.3 Å². The first kappa shape index (κ1) is 17.4. The monoisotopic (exact) mass is 333 g/mol. The van der Waals surface area contributed by atoms with E-state index >= 15 is 0 Å². The molecule has 1 amide bonds. The topological polar surface area (TPSA) is 87.0 Å². The van der Waals surface area contributed by atoms with Crippen molar-refractivity contribution >= 4 is 11.9 Å². The van der Waals surface area contributed by atoms with Crippen LogP contribution in [0.2, 0.25) is 0 Å². The van der Waals surface area contributed by atoms with E-state index in [1.54, 1.807) is 24.3 Å². The first-order chi connectivity index (χ1) is 11.6. The van der Waals surface area contributed by atoms with Crippen LogP contribution in [0.1, 0.15) is 28.4 Å². The molecule has 0 saturated carbocycles. The lowest BCUT2D eigenvalue weighted by atomic mass is 10.0. The summed E-state index contributed by atoms with van der Waals surface area (Å²) in [6.45, 7) is 0. The maximum Gasteiger partial charge on any atom is 0.307 e. The molecular weight excluding hydrogens is 314 g/mol. The summed E-state index contributed by atoms with van der Waals surface area (Å²) >= 11 is 0. The minimum Gasteiger partial charge on any atom is -0.493 e. The molecule has 0 bridgehead atoms. The van der Waals surface area contributed by atoms with Gasteiger partial charge in [-0.15, -0.1) is 0 Å². The second-order valence-electron chi connectivity index (χ2n) is 4.93. The minimum absolute atomic E-state index is 0.0183. The minimum atomic E-state index is -0.584. The molecule has 1 atom stereocenters. The number of carbonyl (C=O) groups is 2. The second kappa shape index (κ2) is 8.05. The van der Waals surface area contributed by atoms with Gasteiger partial charge in [0.1, 0.15) is 6.26 Å². The van der Waals surface area contributed by atoms with Crippen molar-refractivity contribution in [3.8, 4) is 11.5 Å². The smallest absolute Gasteiger partial charge is 0.307 e. The van der Waals surface area contributed by atoms with E-state index in [0.29, 0.717) is 22.6 Å². The molecular formula is C17H19NO6. The van der Waals surface area contributed by atoms with Gasteiger partial charge < -0.3 is 23.9 Å². The summed E-state index contributed by atoms with van der Waals surface area (Å²) in [7, 11) is 4.34. The second-order valence-corrected chi connectivity index (χ2v) is 4.93. The lowest BCUT2D eigenvalue weighted by Gasteiger charge is -2.19. The van der Waals surface area contributed by atoms with Crippen molar-refractivity contribution in [1.29, 1.82) is 0 Å². The lowest BCUT2D eigenvalue weighted by molar-refractivity contribution is -0.141. The third-order valence-corrected chi connectivity index (χ3v) is 3.50. The highest BCUT2D eigenvalue weighted by Gasteiger charge is 2.21. The molecule has 0 aliphatic rings. The average molecular weight is 333 g/mol. The molecule has 24 heavy (non-hydrogen) atoms. The van der Waals surface area contributed by atoms with E-state index in [1.165, 1.54) is 33.9 Å². The molecule has 0 spiro atoms. The molecule has 7 nitrogen and oxygen atoms in total. The van der Waals surface area contributed by atoms with Gasteiger partial charge in [0.2, 0.25) is 0 Å². The lowest BCUT2D eigenvalue weighted by Crippen LogP contribution is -2.30. The van der Waals surface area contributed by atoms with Crippen molar-refractivity contribution in [2.75, 3.05) is 21.3 Å². The zero-order valence-electron chi connectivity index (χ0n) is 13.7. The predicted octanol–water partition coefficient (Wildman–Crippen LogP) is 2.33. The molecule has 0 fully saturated rings. The van der Waals surface area contributed by atoms with Crippen LogP contribution in [-0.4, -0.2) is 33.2 Å². The van der Waals surface area contributed by atoms with Gasteiger partial charge in [-0.25, -0.2) is 0 Å². The van der Waals surface area contributed by atoms with Gasteiger partial charge in [-0.3, -0.25) is 9.59 Å². The van der Waals surface area contributed by atoms with Gasteiger partial charge in [-0.1, -0.05) is 6.07 Å². The molecule has 7 heteroatoms. The summed E-state index contributed by atoms with van der Waals surface area (Å²) in [6.07, 6.45) is 2.72. The third kappa shape index (κ3) is 4.07. The first-order valence-electron chi connectivity index (χ1n) is 7.20. The fourth-order valence-corrected chi connectivity index (χ4v) is 2.21. The Labute approximate surface area is 139 Å². The van der Waals surface area contributed by atoms with Crippen LogP contribution in [0, 0.1) is 0 Å². The Morgan fingerprint density at radius 3 is 2.46 bits per heavy atom. The van der Waals surface area contributed by atoms with Crippen molar-refractivity contribution < 1.29 is 28.2 Å². The van der Waals surface area contributed by atoms with Crippen LogP contribution in [0.4, 0.5) is 0 Å². The highest BCUT2D eigenvalue weighted by Crippen LogP contribution is 2.31. The van der Waals surface area contributed by atoms with Gasteiger partial charge in [-0.2, -0.15) is 0 Å². The Morgan fingerprint density at radius 1 is 1.12 bits per heavy atom. The number of rotatable bonds is 7. The molecule has 1 aromatic carbocycles. The number of amides is 1. The number of methoxy groups -OCH3 is 3. The molecule has 2 aromatic rings. The van der Waals surface area contributed by atoms with Gasteiger partial charge in [0.15, 0.2) is 11.5 Å². The van der Waals surface area contributed by atoms with Crippen LogP contribution in [0.25, 0.3) is 0 Å². The number of ether oxygens (including phenoxy) is 3. The van der Waals surface area contributed by atoms with Crippen LogP contribution >= 0.6 is 0 Å². The van der Waals surface area contributed by atoms with Crippen LogP contribution in [0.5, 0.6) is 11.5 Å². The predicted molar refractivity (Wildman–Crippen MR) is 85.1 cm³/mol. The molecule has 1 N–H and O–H groups in total. The average Bonchev–Trinajstić information content (AvgIpc) is 3.15. The van der Waals surface area contributed by atoms with E-state index < -0.39 is 12.0 Å². The number of carbonyl (C=O) groups excluding carboxylic acids is 2. The largest absolute Gasteiger partial charge is 0.493 e. The molecule has 128 valence electrons. The normalized spacial score (nSPS) is 11.5. The van der Waals surface area contributed by atoms with Gasteiger partial charge in [0.25, 0.3) is 5.91 Å². The quantitative estimate of drug-likeness (QED) is 0.783. The van der Waals surface area contributed by atoms with Crippen LogP contribution in [0.15, 0.2) is 41.2 Å². The fraction of sp³-hybridized carbons (Fsp3) is 0.294. The summed E-state index contributed by atoms with van der Waals surface area (Å²) in [5.74, 6) is 0.261. The van der Waals surface area contributed by atoms with E-state index in [2.05, 4.69) is 5.32 Å². The molecule has 2 rings (SSSR count). The van der Waals surface area contributed by atoms with Crippen molar-refractivity contribution in [1.82, 2.24) is 5.32 Å². The zero-order chi connectivity index (χ0) is 17.5. The molecule has 0 saturated heterocycles. The number of hydrogen-bond donors (Lipinski definition) is 1. The molecule has 0 aliphatic carbocycles. The Hall–Kier alpha value is -2.96. The third-order valence-electron chi connectivity index (χ3n) is 3.50. The summed E-state index contributed by atoms with van der Waals surface area (Å²) in [5.41, 5.74) is 1.06. The van der Waals surface area contributed by atoms with Crippen LogP contribution in [0.3, 0.4) is 0 Å². The number of nitrogens with one attached hydrogen (secondary N) is 1. The summed E-state index contributed by atoms with van der Waals surface area (Å²) in [6, 6.07) is 6.13. The Balaban J connectivity index is 2.28. The highest BCUT2D eigenvalue weighted by atomic mass is 16.5. The van der Waals surface area contributed by atoms with Gasteiger partial charge in [0.05, 0.1) is 45.6 Å². The van der Waals surface area contributed by atoms with Crippen molar-refractivity contribution in [2.45, 2.75) is 12.5 Å². The standard InChI is InChI=1S/C17H19NO6/c1-21-14-5-4-11(8-15(14)22-2)13(9-16(19)23-3)18-17(20)12-6-7-24-10-12/h4-8,10,13H,9H2,1-3H3,(H,18,20)/t13-/m1/s1. The first-order valence-corrected chi connectivity index (χ1v) is 7.20. The summed E-state index contributed by atoms with van der Waals surface area (Å²) < 4.78 is 20.1. The van der Waals surface area contributed by atoms with E-state index in [4.69, 9.17) is 18.6 Å². The Bertz CT molecular complexity index is 695. The van der Waals surface area contributed by atoms with E-state index in [1.807, 2.05) is 0 Å². The van der Waals surface area contributed by atoms with Gasteiger partial charge >= 0.3 is 5.97 Å². The van der Waals surface area contributed by atoms with Gasteiger partial charge in [-0.05, 0) is 23.8 Å². The zero-order valence-corrected chi connectivity index (χ0v) is 13.7. The fourth-order valence-electron chi connectivity index (χ4n) is 2.21. The molecule has 0 unspecified atom stereocenters. The molecule has 0 radical (unpaired) electrons. The van der Waals surface area contributed by atoms with Crippen LogP contribution < -0.4 is 14.8 Å². The number of esters is 1. The van der Waals surface area contributed by atoms with Crippen molar-refractivity contribution in [2.24, 2.45) is 0 Å². The SMILES string of the molecule is COC(=O)C[C@@H](NC(=O)c1ccoc1)c1ccc(OC)c(OC)c1. The van der Waals surface area contributed by atoms with E-state index in [9.17, 15) is 9.59 Å². The summed E-state index contributed by atoms with van der Waals surface area (Å²) in [4.78, 5) is 24.0. The molecule has 1 aromatic heterocycles. The number of hydrogen-bond acceptors (Lipinski definition) is 6. The summed E-state index contributed by atoms with van der Waals surface area (Å²) in [5, 5.41) is 2.79. The Morgan fingerprint density at radius 2 is 1.88 bits per heavy atom. The molecule has 1 heterocycles. The molecule has 0 aliphatic heterocycles. The van der Waals surface area contributed by atoms with Crippen LogP contribution in [-0.2, 0) is 9.53 Å². The van der Waals surface area contributed by atoms with E-state index in [0.717, 1.165) is 0 Å². The van der Waals surface area contributed by atoms with Gasteiger partial charge in [0, 0.05) is 0 Å². The Kier molecular flexibility index (Phi) is 5.83. The number of furan rings is 1. The maximum atomic E-state index is 12.3. The maximum absolute atomic E-state index is 12.3. The van der Waals surface area contributed by atoms with Crippen molar-refractivity contribution in [3.63, 3.8) is 0 Å².